The van der Waals surface area contributed by atoms with Crippen molar-refractivity contribution in [1.29, 1.82) is 0 Å². The Morgan fingerprint density at radius 3 is 2.42 bits per heavy atom. The number of halogens is 1. The summed E-state index contributed by atoms with van der Waals surface area (Å²) in [5.74, 6) is 1.71. The Hall–Kier alpha value is -2.04. The number of nitrogens with one attached hydrogen (secondary N) is 1. The molecule has 0 spiro atoms. The molecule has 1 saturated heterocycles. The highest BCUT2D eigenvalue weighted by atomic mass is 127. The molecular weight excluding hydrogens is 507 g/mol. The van der Waals surface area contributed by atoms with Crippen LogP contribution in [0.15, 0.2) is 47.5 Å². The number of benzene rings is 2. The molecule has 1 fully saturated rings. The van der Waals surface area contributed by atoms with E-state index in [1.165, 1.54) is 5.56 Å². The third-order valence-electron chi connectivity index (χ3n) is 5.10. The number of methoxy groups -OCH3 is 2. The molecule has 0 radical (unpaired) electrons. The highest BCUT2D eigenvalue weighted by Gasteiger charge is 2.22. The van der Waals surface area contributed by atoms with Gasteiger partial charge in [-0.2, -0.15) is 0 Å². The molecular formula is C23H33IN4O3. The van der Waals surface area contributed by atoms with Gasteiger partial charge in [0, 0.05) is 25.7 Å². The van der Waals surface area contributed by atoms with Gasteiger partial charge in [0.1, 0.15) is 11.5 Å². The first-order valence-corrected chi connectivity index (χ1v) is 10.2. The number of ether oxygens (including phenoxy) is 3. The van der Waals surface area contributed by atoms with E-state index < -0.39 is 0 Å². The number of hydrogen-bond donors (Lipinski definition) is 2. The Morgan fingerprint density at radius 2 is 1.77 bits per heavy atom. The van der Waals surface area contributed by atoms with Crippen molar-refractivity contribution in [1.82, 2.24) is 4.90 Å². The average molecular weight is 540 g/mol. The number of hydrogen-bond acceptors (Lipinski definition) is 5. The van der Waals surface area contributed by atoms with Gasteiger partial charge in [0.25, 0.3) is 0 Å². The second-order valence-electron chi connectivity index (χ2n) is 7.61. The lowest BCUT2D eigenvalue weighted by molar-refractivity contribution is -0.0705. The molecule has 0 saturated carbocycles. The van der Waals surface area contributed by atoms with Gasteiger partial charge in [-0.05, 0) is 37.1 Å². The summed E-state index contributed by atoms with van der Waals surface area (Å²) in [4.78, 5) is 6.98. The van der Waals surface area contributed by atoms with E-state index in [-0.39, 0.29) is 36.2 Å². The largest absolute Gasteiger partial charge is 0.497 e. The Kier molecular flexibility index (Phi) is 9.86. The Bertz CT molecular complexity index is 868. The van der Waals surface area contributed by atoms with E-state index in [9.17, 15) is 0 Å². The molecule has 1 aliphatic heterocycles. The van der Waals surface area contributed by atoms with Gasteiger partial charge >= 0.3 is 0 Å². The summed E-state index contributed by atoms with van der Waals surface area (Å²) in [7, 11) is 3.24. The van der Waals surface area contributed by atoms with Crippen LogP contribution in [0.3, 0.4) is 0 Å². The summed E-state index contributed by atoms with van der Waals surface area (Å²) < 4.78 is 16.5. The van der Waals surface area contributed by atoms with Crippen LogP contribution in [0.2, 0.25) is 0 Å². The minimum atomic E-state index is 0. The van der Waals surface area contributed by atoms with E-state index >= 15 is 0 Å². The Morgan fingerprint density at radius 1 is 1.10 bits per heavy atom. The van der Waals surface area contributed by atoms with Gasteiger partial charge in [0.2, 0.25) is 0 Å². The third-order valence-corrected chi connectivity index (χ3v) is 5.10. The smallest absolute Gasteiger partial charge is 0.193 e. The predicted molar refractivity (Wildman–Crippen MR) is 136 cm³/mol. The van der Waals surface area contributed by atoms with Crippen LogP contribution in [-0.4, -0.2) is 50.4 Å². The second-order valence-corrected chi connectivity index (χ2v) is 7.61. The highest BCUT2D eigenvalue weighted by Crippen LogP contribution is 2.28. The molecule has 2 unspecified atom stereocenters. The first kappa shape index (κ1) is 25.2. The zero-order chi connectivity index (χ0) is 21.5. The lowest BCUT2D eigenvalue weighted by Gasteiger charge is -2.35. The quantitative estimate of drug-likeness (QED) is 0.316. The van der Waals surface area contributed by atoms with Crippen LogP contribution in [0.1, 0.15) is 25.0 Å². The maximum Gasteiger partial charge on any atom is 0.193 e. The molecule has 31 heavy (non-hydrogen) atoms. The van der Waals surface area contributed by atoms with E-state index in [4.69, 9.17) is 19.9 Å². The Balaban J connectivity index is 0.00000341. The third kappa shape index (κ3) is 7.26. The molecule has 3 N–H and O–H groups in total. The van der Waals surface area contributed by atoms with Gasteiger partial charge in [-0.1, -0.05) is 24.3 Å². The molecule has 3 rings (SSSR count). The number of nitrogens with zero attached hydrogens (tertiary/aromatic N) is 2. The molecule has 1 aliphatic rings. The van der Waals surface area contributed by atoms with Gasteiger partial charge in [0.15, 0.2) is 5.96 Å². The lowest BCUT2D eigenvalue weighted by atomic mass is 10.1. The first-order valence-electron chi connectivity index (χ1n) is 10.2. The number of guanidine groups is 1. The van der Waals surface area contributed by atoms with Crippen molar-refractivity contribution in [2.75, 3.05) is 32.6 Å². The van der Waals surface area contributed by atoms with Gasteiger partial charge in [0.05, 0.1) is 38.7 Å². The monoisotopic (exact) mass is 540 g/mol. The van der Waals surface area contributed by atoms with Crippen LogP contribution in [0.4, 0.5) is 5.69 Å². The molecule has 170 valence electrons. The Labute approximate surface area is 202 Å². The van der Waals surface area contributed by atoms with Gasteiger partial charge in [-0.15, -0.1) is 24.0 Å². The van der Waals surface area contributed by atoms with E-state index in [0.29, 0.717) is 29.7 Å². The van der Waals surface area contributed by atoms with Crippen LogP contribution < -0.4 is 20.5 Å². The predicted octanol–water partition coefficient (Wildman–Crippen LogP) is 3.86. The summed E-state index contributed by atoms with van der Waals surface area (Å²) in [5.41, 5.74) is 9.28. The highest BCUT2D eigenvalue weighted by molar-refractivity contribution is 14.0. The number of morpholine rings is 1. The topological polar surface area (TPSA) is 81.3 Å². The lowest BCUT2D eigenvalue weighted by Crippen LogP contribution is -2.44. The van der Waals surface area contributed by atoms with E-state index in [1.54, 1.807) is 14.2 Å². The van der Waals surface area contributed by atoms with Gasteiger partial charge < -0.3 is 25.3 Å². The van der Waals surface area contributed by atoms with E-state index in [1.807, 2.05) is 24.3 Å². The molecule has 0 aromatic heterocycles. The van der Waals surface area contributed by atoms with Crippen molar-refractivity contribution in [3.8, 4) is 11.5 Å². The molecule has 2 atom stereocenters. The summed E-state index contributed by atoms with van der Waals surface area (Å²) in [5, 5.41) is 3.11. The minimum absolute atomic E-state index is 0. The van der Waals surface area contributed by atoms with E-state index in [2.05, 4.69) is 47.3 Å². The summed E-state index contributed by atoms with van der Waals surface area (Å²) in [6, 6.07) is 13.9. The van der Waals surface area contributed by atoms with Crippen LogP contribution in [0.5, 0.6) is 11.5 Å². The van der Waals surface area contributed by atoms with Crippen molar-refractivity contribution in [3.05, 3.63) is 53.6 Å². The fourth-order valence-corrected chi connectivity index (χ4v) is 3.78. The minimum Gasteiger partial charge on any atom is -0.497 e. The van der Waals surface area contributed by atoms with Crippen LogP contribution in [0, 0.1) is 0 Å². The standard InChI is InChI=1S/C23H32N4O3.HI/c1-16-13-27(14-17(2)30-16)15-19-8-6-5-7-18(19)12-25-23(24)26-21-11-20(28-3)9-10-22(21)29-4;/h5-11,16-17H,12-15H2,1-4H3,(H3,24,25,26);1H. The van der Waals surface area contributed by atoms with Crippen LogP contribution >= 0.6 is 24.0 Å². The van der Waals surface area contributed by atoms with Crippen molar-refractivity contribution >= 4 is 35.6 Å². The number of aliphatic imine (C=N–C) groups is 1. The summed E-state index contributed by atoms with van der Waals surface area (Å²) >= 11 is 0. The molecule has 8 heteroatoms. The van der Waals surface area contributed by atoms with Gasteiger partial charge in [-0.25, -0.2) is 4.99 Å². The fourth-order valence-electron chi connectivity index (χ4n) is 3.78. The molecule has 2 aromatic rings. The maximum absolute atomic E-state index is 6.15. The zero-order valence-electron chi connectivity index (χ0n) is 18.6. The van der Waals surface area contributed by atoms with E-state index in [0.717, 1.165) is 25.2 Å². The van der Waals surface area contributed by atoms with Crippen molar-refractivity contribution < 1.29 is 14.2 Å². The average Bonchev–Trinajstić information content (AvgIpc) is 2.72. The first-order chi connectivity index (χ1) is 14.5. The summed E-state index contributed by atoms with van der Waals surface area (Å²) in [6.45, 7) is 7.48. The molecule has 0 bridgehead atoms. The SMILES string of the molecule is COc1ccc(OC)c(NC(N)=NCc2ccccc2CN2CC(C)OC(C)C2)c1.I. The number of anilines is 1. The van der Waals surface area contributed by atoms with Crippen LogP contribution in [-0.2, 0) is 17.8 Å². The molecule has 2 aromatic carbocycles. The van der Waals surface area contributed by atoms with Gasteiger partial charge in [-0.3, -0.25) is 4.90 Å². The maximum atomic E-state index is 6.15. The molecule has 1 heterocycles. The summed E-state index contributed by atoms with van der Waals surface area (Å²) in [6.07, 6.45) is 0.494. The van der Waals surface area contributed by atoms with Crippen molar-refractivity contribution in [2.24, 2.45) is 10.7 Å². The zero-order valence-corrected chi connectivity index (χ0v) is 21.0. The number of nitrogens with two attached hydrogens (primary N) is 1. The van der Waals surface area contributed by atoms with Crippen LogP contribution in [0.25, 0.3) is 0 Å². The fraction of sp³-hybridized carbons (Fsp3) is 0.435. The van der Waals surface area contributed by atoms with Crippen molar-refractivity contribution in [2.45, 2.75) is 39.1 Å². The molecule has 7 nitrogen and oxygen atoms in total. The molecule has 0 amide bonds. The normalized spacial score (nSPS) is 19.4. The second kappa shape index (κ2) is 12.1. The van der Waals surface area contributed by atoms with Crippen molar-refractivity contribution in [3.63, 3.8) is 0 Å². The molecule has 0 aliphatic carbocycles. The number of rotatable bonds is 7.